The van der Waals surface area contributed by atoms with Crippen molar-refractivity contribution < 1.29 is 14.3 Å². The molecule has 152 valence electrons. The molecule has 2 aliphatic rings. The van der Waals surface area contributed by atoms with Crippen LogP contribution in [0.3, 0.4) is 0 Å². The number of hydrogen-bond donors (Lipinski definition) is 2. The van der Waals surface area contributed by atoms with Crippen LogP contribution in [0.1, 0.15) is 29.5 Å². The minimum Gasteiger partial charge on any atom is -0.497 e. The number of piperidine rings is 1. The van der Waals surface area contributed by atoms with Crippen molar-refractivity contribution in [2.45, 2.75) is 31.2 Å². The molecule has 2 N–H and O–H groups in total. The molecule has 6 heteroatoms. The van der Waals surface area contributed by atoms with Crippen molar-refractivity contribution in [3.8, 4) is 5.75 Å². The molecule has 1 saturated heterocycles. The second-order valence-electron chi connectivity index (χ2n) is 7.78. The summed E-state index contributed by atoms with van der Waals surface area (Å²) in [5.41, 5.74) is 3.09. The standard InChI is InChI=1S/C23H27N3O3/c1-29-19-7-4-5-17(15-19)9-12-24-22(28)26-13-10-23(11-14-26)20-8-3-2-6-18(20)16-21(27)25-23/h2-8,15H,9-14,16H2,1H3,(H,24,28)(H,25,27). The van der Waals surface area contributed by atoms with E-state index in [9.17, 15) is 9.59 Å². The summed E-state index contributed by atoms with van der Waals surface area (Å²) in [5.74, 6) is 0.893. The molecule has 4 rings (SSSR count). The Morgan fingerprint density at radius 1 is 1.17 bits per heavy atom. The number of hydrogen-bond acceptors (Lipinski definition) is 3. The van der Waals surface area contributed by atoms with Crippen LogP contribution in [0.2, 0.25) is 0 Å². The van der Waals surface area contributed by atoms with E-state index in [2.05, 4.69) is 16.7 Å². The number of ether oxygens (including phenoxy) is 1. The zero-order chi connectivity index (χ0) is 20.3. The molecule has 0 aromatic heterocycles. The van der Waals surface area contributed by atoms with Crippen LogP contribution in [-0.2, 0) is 23.2 Å². The van der Waals surface area contributed by atoms with Crippen molar-refractivity contribution in [1.82, 2.24) is 15.5 Å². The molecule has 2 heterocycles. The number of nitrogens with one attached hydrogen (secondary N) is 2. The second-order valence-corrected chi connectivity index (χ2v) is 7.78. The van der Waals surface area contributed by atoms with E-state index in [0.29, 0.717) is 26.1 Å². The first-order valence-electron chi connectivity index (χ1n) is 10.1. The highest BCUT2D eigenvalue weighted by molar-refractivity contribution is 5.82. The van der Waals surface area contributed by atoms with Crippen molar-refractivity contribution in [3.05, 3.63) is 65.2 Å². The van der Waals surface area contributed by atoms with Crippen LogP contribution >= 0.6 is 0 Å². The van der Waals surface area contributed by atoms with Crippen LogP contribution in [0.25, 0.3) is 0 Å². The van der Waals surface area contributed by atoms with Crippen molar-refractivity contribution in [2.24, 2.45) is 0 Å². The summed E-state index contributed by atoms with van der Waals surface area (Å²) < 4.78 is 5.24. The predicted molar refractivity (Wildman–Crippen MR) is 111 cm³/mol. The number of urea groups is 1. The average molecular weight is 393 g/mol. The number of carbonyl (C=O) groups is 2. The van der Waals surface area contributed by atoms with Gasteiger partial charge in [-0.05, 0) is 48.1 Å². The van der Waals surface area contributed by atoms with Gasteiger partial charge in [0.1, 0.15) is 5.75 Å². The Kier molecular flexibility index (Phi) is 5.43. The highest BCUT2D eigenvalue weighted by Gasteiger charge is 2.42. The molecule has 1 fully saturated rings. The minimum absolute atomic E-state index is 0.0434. The number of rotatable bonds is 4. The van der Waals surface area contributed by atoms with Crippen molar-refractivity contribution in [2.75, 3.05) is 26.7 Å². The Morgan fingerprint density at radius 2 is 1.97 bits per heavy atom. The van der Waals surface area contributed by atoms with Crippen molar-refractivity contribution >= 4 is 11.9 Å². The maximum absolute atomic E-state index is 12.6. The van der Waals surface area contributed by atoms with Crippen LogP contribution < -0.4 is 15.4 Å². The molecular weight excluding hydrogens is 366 g/mol. The summed E-state index contributed by atoms with van der Waals surface area (Å²) in [4.78, 5) is 26.7. The van der Waals surface area contributed by atoms with E-state index in [0.717, 1.165) is 36.1 Å². The van der Waals surface area contributed by atoms with Gasteiger partial charge in [-0.2, -0.15) is 0 Å². The van der Waals surface area contributed by atoms with Crippen LogP contribution in [0.4, 0.5) is 4.79 Å². The Balaban J connectivity index is 1.33. The van der Waals surface area contributed by atoms with Crippen LogP contribution in [0, 0.1) is 0 Å². The summed E-state index contributed by atoms with van der Waals surface area (Å²) in [6, 6.07) is 16.0. The van der Waals surface area contributed by atoms with Gasteiger partial charge in [-0.1, -0.05) is 36.4 Å². The van der Waals surface area contributed by atoms with Crippen molar-refractivity contribution in [1.29, 1.82) is 0 Å². The molecule has 2 aromatic carbocycles. The summed E-state index contributed by atoms with van der Waals surface area (Å²) in [7, 11) is 1.65. The van der Waals surface area contributed by atoms with Gasteiger partial charge < -0.3 is 20.3 Å². The molecule has 1 spiro atoms. The van der Waals surface area contributed by atoms with E-state index in [-0.39, 0.29) is 17.5 Å². The van der Waals surface area contributed by atoms with Gasteiger partial charge in [0.25, 0.3) is 0 Å². The molecule has 2 aliphatic heterocycles. The number of carbonyl (C=O) groups excluding carboxylic acids is 2. The fourth-order valence-corrected chi connectivity index (χ4v) is 4.43. The monoisotopic (exact) mass is 393 g/mol. The maximum atomic E-state index is 12.6. The van der Waals surface area contributed by atoms with E-state index in [1.165, 1.54) is 5.56 Å². The molecule has 0 atom stereocenters. The lowest BCUT2D eigenvalue weighted by molar-refractivity contribution is -0.124. The van der Waals surface area contributed by atoms with Gasteiger partial charge >= 0.3 is 6.03 Å². The highest BCUT2D eigenvalue weighted by Crippen LogP contribution is 2.37. The first-order chi connectivity index (χ1) is 14.1. The molecule has 0 unspecified atom stereocenters. The fourth-order valence-electron chi connectivity index (χ4n) is 4.43. The molecule has 0 saturated carbocycles. The summed E-state index contributed by atoms with van der Waals surface area (Å²) in [5, 5.41) is 6.23. The van der Waals surface area contributed by atoms with Gasteiger partial charge in [-0.3, -0.25) is 4.79 Å². The van der Waals surface area contributed by atoms with Gasteiger partial charge in [-0.25, -0.2) is 4.79 Å². The summed E-state index contributed by atoms with van der Waals surface area (Å²) >= 11 is 0. The molecular formula is C23H27N3O3. The van der Waals surface area contributed by atoms with E-state index >= 15 is 0 Å². The number of fused-ring (bicyclic) bond motifs is 2. The zero-order valence-corrected chi connectivity index (χ0v) is 16.7. The maximum Gasteiger partial charge on any atom is 0.317 e. The smallest absolute Gasteiger partial charge is 0.317 e. The number of nitrogens with zero attached hydrogens (tertiary/aromatic N) is 1. The van der Waals surface area contributed by atoms with Crippen LogP contribution in [-0.4, -0.2) is 43.6 Å². The quantitative estimate of drug-likeness (QED) is 0.839. The number of likely N-dealkylation sites (tertiary alicyclic amines) is 1. The Bertz CT molecular complexity index is 904. The number of amides is 3. The lowest BCUT2D eigenvalue weighted by Crippen LogP contribution is -2.57. The zero-order valence-electron chi connectivity index (χ0n) is 16.7. The van der Waals surface area contributed by atoms with E-state index in [1.807, 2.05) is 47.4 Å². The molecule has 2 aromatic rings. The SMILES string of the molecule is COc1cccc(CCNC(=O)N2CCC3(CC2)NC(=O)Cc2ccccc23)c1. The predicted octanol–water partition coefficient (Wildman–Crippen LogP) is 2.61. The largest absolute Gasteiger partial charge is 0.497 e. The van der Waals surface area contributed by atoms with Gasteiger partial charge in [0.2, 0.25) is 5.91 Å². The minimum atomic E-state index is -0.344. The van der Waals surface area contributed by atoms with Gasteiger partial charge in [0, 0.05) is 19.6 Å². The van der Waals surface area contributed by atoms with Gasteiger partial charge in [-0.15, -0.1) is 0 Å². The summed E-state index contributed by atoms with van der Waals surface area (Å²) in [6.45, 7) is 1.83. The third-order valence-electron chi connectivity index (χ3n) is 5.99. The average Bonchev–Trinajstić information content (AvgIpc) is 2.74. The lowest BCUT2D eigenvalue weighted by Gasteiger charge is -2.45. The van der Waals surface area contributed by atoms with Gasteiger partial charge in [0.15, 0.2) is 0 Å². The molecule has 0 bridgehead atoms. The Hall–Kier alpha value is -3.02. The van der Waals surface area contributed by atoms with Crippen LogP contribution in [0.5, 0.6) is 5.75 Å². The molecule has 0 radical (unpaired) electrons. The van der Waals surface area contributed by atoms with Gasteiger partial charge in [0.05, 0.1) is 19.1 Å². The first kappa shape index (κ1) is 19.3. The lowest BCUT2D eigenvalue weighted by atomic mass is 9.76. The third-order valence-corrected chi connectivity index (χ3v) is 5.99. The first-order valence-corrected chi connectivity index (χ1v) is 10.1. The molecule has 0 aliphatic carbocycles. The van der Waals surface area contributed by atoms with Crippen LogP contribution in [0.15, 0.2) is 48.5 Å². The molecule has 29 heavy (non-hydrogen) atoms. The van der Waals surface area contributed by atoms with E-state index < -0.39 is 0 Å². The topological polar surface area (TPSA) is 70.7 Å². The summed E-state index contributed by atoms with van der Waals surface area (Å²) in [6.07, 6.45) is 2.66. The number of benzene rings is 2. The second kappa shape index (κ2) is 8.15. The molecule has 3 amide bonds. The third kappa shape index (κ3) is 4.06. The van der Waals surface area contributed by atoms with E-state index in [4.69, 9.17) is 4.74 Å². The number of methoxy groups -OCH3 is 1. The fraction of sp³-hybridized carbons (Fsp3) is 0.391. The van der Waals surface area contributed by atoms with Crippen molar-refractivity contribution in [3.63, 3.8) is 0 Å². The highest BCUT2D eigenvalue weighted by atomic mass is 16.5. The Morgan fingerprint density at radius 3 is 2.76 bits per heavy atom. The van der Waals surface area contributed by atoms with E-state index in [1.54, 1.807) is 7.11 Å². The normalized spacial score (nSPS) is 17.4. The molecule has 6 nitrogen and oxygen atoms in total. The Labute approximate surface area is 171 Å².